The molecule has 0 aromatic heterocycles. The predicted molar refractivity (Wildman–Crippen MR) is 79.8 cm³/mol. The summed E-state index contributed by atoms with van der Waals surface area (Å²) in [5, 5.41) is 0. The van der Waals surface area contributed by atoms with Crippen molar-refractivity contribution in [1.82, 2.24) is 9.80 Å². The first-order valence-corrected chi connectivity index (χ1v) is 6.95. The van der Waals surface area contributed by atoms with Gasteiger partial charge < -0.3 is 0 Å². The molecule has 0 bridgehead atoms. The Bertz CT molecular complexity index is 303. The summed E-state index contributed by atoms with van der Waals surface area (Å²) >= 11 is 0. The molecule has 0 N–H and O–H groups in total. The van der Waals surface area contributed by atoms with E-state index in [1.807, 2.05) is 6.08 Å². The molecule has 1 rings (SSSR count). The molecule has 1 heterocycles. The van der Waals surface area contributed by atoms with Crippen molar-refractivity contribution in [1.29, 1.82) is 0 Å². The number of nitrogens with zero attached hydrogens (tertiary/aromatic N) is 2. The minimum Gasteiger partial charge on any atom is -0.297 e. The first kappa shape index (κ1) is 15.0. The molecule has 0 spiro atoms. The van der Waals surface area contributed by atoms with E-state index in [4.69, 9.17) is 0 Å². The molecule has 18 heavy (non-hydrogen) atoms. The van der Waals surface area contributed by atoms with Gasteiger partial charge in [0.15, 0.2) is 0 Å². The van der Waals surface area contributed by atoms with Gasteiger partial charge in [-0.25, -0.2) is 0 Å². The molecule has 0 aromatic carbocycles. The standard InChI is InChI=1S/C16H26N2/c1-3-5-7-8-10-12-18-15-13-17(14-16-18)11-9-6-4-2/h5-6,8-10H,1,4,7,11-16H2,2H3. The molecule has 1 aliphatic rings. The lowest BCUT2D eigenvalue weighted by atomic mass is 10.3. The van der Waals surface area contributed by atoms with Crippen LogP contribution in [0, 0.1) is 0 Å². The van der Waals surface area contributed by atoms with E-state index in [0.717, 1.165) is 25.9 Å². The first-order valence-electron chi connectivity index (χ1n) is 6.95. The van der Waals surface area contributed by atoms with E-state index in [-0.39, 0.29) is 0 Å². The van der Waals surface area contributed by atoms with Crippen molar-refractivity contribution in [2.75, 3.05) is 39.3 Å². The van der Waals surface area contributed by atoms with Gasteiger partial charge in [0.1, 0.15) is 0 Å². The van der Waals surface area contributed by atoms with Crippen LogP contribution in [-0.2, 0) is 0 Å². The minimum absolute atomic E-state index is 0.950. The van der Waals surface area contributed by atoms with Crippen molar-refractivity contribution >= 4 is 0 Å². The second-order valence-electron chi connectivity index (χ2n) is 4.60. The van der Waals surface area contributed by atoms with E-state index < -0.39 is 0 Å². The third-order valence-electron chi connectivity index (χ3n) is 3.16. The van der Waals surface area contributed by atoms with Crippen LogP contribution in [0.4, 0.5) is 0 Å². The van der Waals surface area contributed by atoms with Crippen molar-refractivity contribution in [3.8, 4) is 0 Å². The molecule has 0 radical (unpaired) electrons. The summed E-state index contributed by atoms with van der Waals surface area (Å²) in [6, 6.07) is 0. The van der Waals surface area contributed by atoms with Crippen molar-refractivity contribution in [2.24, 2.45) is 0 Å². The van der Waals surface area contributed by atoms with Gasteiger partial charge in [0, 0.05) is 39.3 Å². The maximum absolute atomic E-state index is 3.55. The number of allylic oxidation sites excluding steroid dienone is 3. The fourth-order valence-electron chi connectivity index (χ4n) is 2.02. The van der Waals surface area contributed by atoms with Gasteiger partial charge >= 0.3 is 0 Å². The van der Waals surface area contributed by atoms with Crippen molar-refractivity contribution in [3.05, 3.63) is 42.7 Å². The molecule has 1 fully saturated rings. The maximum atomic E-state index is 3.55. The fourth-order valence-corrected chi connectivity index (χ4v) is 2.02. The molecular weight excluding hydrogens is 220 g/mol. The third-order valence-corrected chi connectivity index (χ3v) is 3.16. The van der Waals surface area contributed by atoms with Crippen LogP contribution in [0.3, 0.4) is 0 Å². The number of rotatable bonds is 7. The molecule has 1 saturated heterocycles. The van der Waals surface area contributed by atoms with Crippen molar-refractivity contribution in [2.45, 2.75) is 19.8 Å². The Hall–Kier alpha value is -1.08. The highest BCUT2D eigenvalue weighted by Gasteiger charge is 2.13. The molecule has 100 valence electrons. The van der Waals surface area contributed by atoms with Crippen LogP contribution in [0.1, 0.15) is 19.8 Å². The van der Waals surface area contributed by atoms with Crippen LogP contribution in [-0.4, -0.2) is 49.1 Å². The van der Waals surface area contributed by atoms with Gasteiger partial charge in [0.25, 0.3) is 0 Å². The van der Waals surface area contributed by atoms with Gasteiger partial charge in [-0.05, 0) is 18.9 Å². The molecule has 0 atom stereocenters. The molecule has 2 nitrogen and oxygen atoms in total. The van der Waals surface area contributed by atoms with Gasteiger partial charge in [0.05, 0.1) is 0 Å². The van der Waals surface area contributed by atoms with E-state index in [1.165, 1.54) is 26.2 Å². The van der Waals surface area contributed by atoms with Gasteiger partial charge in [-0.2, -0.15) is 0 Å². The molecule has 0 amide bonds. The Kier molecular flexibility index (Phi) is 8.24. The summed E-state index contributed by atoms with van der Waals surface area (Å²) in [5.41, 5.74) is 2.78. The monoisotopic (exact) mass is 246 g/mol. The van der Waals surface area contributed by atoms with E-state index in [1.54, 1.807) is 0 Å². The summed E-state index contributed by atoms with van der Waals surface area (Å²) < 4.78 is 0. The second kappa shape index (κ2) is 9.90. The SMILES string of the molecule is C=C=CCC=CCN1CCN(CC=CCC)CC1. The second-order valence-corrected chi connectivity index (χ2v) is 4.60. The fraction of sp³-hybridized carbons (Fsp3) is 0.562. The third kappa shape index (κ3) is 6.61. The molecule has 0 unspecified atom stereocenters. The van der Waals surface area contributed by atoms with Gasteiger partial charge in [-0.3, -0.25) is 9.80 Å². The van der Waals surface area contributed by atoms with Crippen LogP contribution in [0.5, 0.6) is 0 Å². The molecule has 2 heteroatoms. The van der Waals surface area contributed by atoms with Crippen molar-refractivity contribution in [3.63, 3.8) is 0 Å². The Morgan fingerprint density at radius 1 is 0.944 bits per heavy atom. The first-order chi connectivity index (χ1) is 8.86. The van der Waals surface area contributed by atoms with Crippen LogP contribution in [0.25, 0.3) is 0 Å². The average Bonchev–Trinajstić information content (AvgIpc) is 2.40. The van der Waals surface area contributed by atoms with E-state index >= 15 is 0 Å². The van der Waals surface area contributed by atoms with E-state index in [2.05, 4.69) is 53.3 Å². The molecule has 0 aromatic rings. The minimum atomic E-state index is 0.950. The highest BCUT2D eigenvalue weighted by atomic mass is 15.3. The van der Waals surface area contributed by atoms with Crippen LogP contribution >= 0.6 is 0 Å². The largest absolute Gasteiger partial charge is 0.297 e. The summed E-state index contributed by atoms with van der Waals surface area (Å²) in [5.74, 6) is 0. The predicted octanol–water partition coefficient (Wildman–Crippen LogP) is 2.86. The topological polar surface area (TPSA) is 6.48 Å². The summed E-state index contributed by atoms with van der Waals surface area (Å²) in [6.07, 6.45) is 13.0. The van der Waals surface area contributed by atoms with Gasteiger partial charge in [-0.15, -0.1) is 5.73 Å². The van der Waals surface area contributed by atoms with E-state index in [9.17, 15) is 0 Å². The quantitative estimate of drug-likeness (QED) is 0.503. The Morgan fingerprint density at radius 2 is 1.50 bits per heavy atom. The molecule has 1 aliphatic heterocycles. The molecule has 0 saturated carbocycles. The van der Waals surface area contributed by atoms with Crippen molar-refractivity contribution < 1.29 is 0 Å². The van der Waals surface area contributed by atoms with Gasteiger partial charge in [-0.1, -0.05) is 37.8 Å². The Labute approximate surface area is 112 Å². The van der Waals surface area contributed by atoms with Crippen LogP contribution < -0.4 is 0 Å². The summed E-state index contributed by atoms with van der Waals surface area (Å²) in [6.45, 7) is 12.7. The lowest BCUT2D eigenvalue weighted by Gasteiger charge is -2.33. The zero-order valence-electron chi connectivity index (χ0n) is 11.6. The number of piperazine rings is 1. The maximum Gasteiger partial charge on any atom is 0.0164 e. The van der Waals surface area contributed by atoms with Gasteiger partial charge in [0.2, 0.25) is 0 Å². The lowest BCUT2D eigenvalue weighted by molar-refractivity contribution is 0.153. The normalized spacial score (nSPS) is 18.5. The van der Waals surface area contributed by atoms with Crippen LogP contribution in [0.15, 0.2) is 42.7 Å². The van der Waals surface area contributed by atoms with Crippen LogP contribution in [0.2, 0.25) is 0 Å². The number of hydrogen-bond donors (Lipinski definition) is 0. The zero-order valence-corrected chi connectivity index (χ0v) is 11.6. The summed E-state index contributed by atoms with van der Waals surface area (Å²) in [7, 11) is 0. The Morgan fingerprint density at radius 3 is 2.00 bits per heavy atom. The average molecular weight is 246 g/mol. The Balaban J connectivity index is 2.13. The highest BCUT2D eigenvalue weighted by Crippen LogP contribution is 2.02. The highest BCUT2D eigenvalue weighted by molar-refractivity contribution is 4.93. The summed E-state index contributed by atoms with van der Waals surface area (Å²) in [4.78, 5) is 5.03. The van der Waals surface area contributed by atoms with E-state index in [0.29, 0.717) is 0 Å². The zero-order chi connectivity index (χ0) is 13.1. The molecular formula is C16H26N2. The molecule has 0 aliphatic carbocycles. The smallest absolute Gasteiger partial charge is 0.0164 e. The number of hydrogen-bond acceptors (Lipinski definition) is 2. The lowest BCUT2D eigenvalue weighted by Crippen LogP contribution is -2.46.